The molecule has 136 valence electrons. The van der Waals surface area contributed by atoms with Gasteiger partial charge in [-0.2, -0.15) is 0 Å². The second-order valence-corrected chi connectivity index (χ2v) is 6.26. The van der Waals surface area contributed by atoms with Crippen molar-refractivity contribution in [1.82, 2.24) is 4.90 Å². The Hall–Kier alpha value is -3.02. The molecule has 1 aliphatic heterocycles. The summed E-state index contributed by atoms with van der Waals surface area (Å²) in [4.78, 5) is 26.8. The Labute approximate surface area is 152 Å². The second-order valence-electron chi connectivity index (χ2n) is 6.26. The lowest BCUT2D eigenvalue weighted by atomic mass is 9.93. The van der Waals surface area contributed by atoms with Gasteiger partial charge in [-0.15, -0.1) is 0 Å². The molecule has 6 nitrogen and oxygen atoms in total. The van der Waals surface area contributed by atoms with Crippen LogP contribution in [0.4, 0.5) is 5.69 Å². The number of likely N-dealkylation sites (tertiary alicyclic amines) is 1. The van der Waals surface area contributed by atoms with Gasteiger partial charge < -0.3 is 19.7 Å². The minimum Gasteiger partial charge on any atom is -0.497 e. The van der Waals surface area contributed by atoms with Gasteiger partial charge in [0.1, 0.15) is 11.5 Å². The van der Waals surface area contributed by atoms with Gasteiger partial charge in [-0.25, -0.2) is 0 Å². The number of methoxy groups -OCH3 is 2. The van der Waals surface area contributed by atoms with Crippen molar-refractivity contribution in [2.45, 2.75) is 12.5 Å². The Balaban J connectivity index is 1.85. The average molecular weight is 354 g/mol. The lowest BCUT2D eigenvalue weighted by Crippen LogP contribution is -2.30. The summed E-state index contributed by atoms with van der Waals surface area (Å²) in [6, 6.07) is 14.5. The Kier molecular flexibility index (Phi) is 5.11. The van der Waals surface area contributed by atoms with Crippen LogP contribution in [0.25, 0.3) is 0 Å². The molecular formula is C20H22N2O4. The first kappa shape index (κ1) is 17.8. The summed E-state index contributed by atoms with van der Waals surface area (Å²) in [5.41, 5.74) is 1.52. The van der Waals surface area contributed by atoms with Gasteiger partial charge in [-0.1, -0.05) is 30.3 Å². The summed E-state index contributed by atoms with van der Waals surface area (Å²) in [6.07, 6.45) is 0.184. The first-order chi connectivity index (χ1) is 12.5. The maximum atomic E-state index is 12.9. The molecule has 0 radical (unpaired) electrons. The normalized spacial score (nSPS) is 19.3. The molecular weight excluding hydrogens is 332 g/mol. The molecule has 2 aromatic carbocycles. The van der Waals surface area contributed by atoms with Crippen LogP contribution in [0.1, 0.15) is 18.0 Å². The smallest absolute Gasteiger partial charge is 0.230 e. The van der Waals surface area contributed by atoms with Gasteiger partial charge in [-0.3, -0.25) is 9.59 Å². The molecule has 1 N–H and O–H groups in total. The average Bonchev–Trinajstić information content (AvgIpc) is 2.97. The van der Waals surface area contributed by atoms with E-state index in [1.54, 1.807) is 44.4 Å². The van der Waals surface area contributed by atoms with Crippen LogP contribution in [-0.2, 0) is 9.59 Å². The van der Waals surface area contributed by atoms with Crippen molar-refractivity contribution in [1.29, 1.82) is 0 Å². The molecule has 0 aromatic heterocycles. The van der Waals surface area contributed by atoms with Gasteiger partial charge in [0.2, 0.25) is 11.8 Å². The van der Waals surface area contributed by atoms with Gasteiger partial charge in [0.05, 0.1) is 26.2 Å². The molecule has 1 aliphatic rings. The Morgan fingerprint density at radius 1 is 1.08 bits per heavy atom. The third-order valence-corrected chi connectivity index (χ3v) is 4.68. The van der Waals surface area contributed by atoms with E-state index in [1.165, 1.54) is 0 Å². The number of nitrogens with one attached hydrogen (secondary N) is 1. The Bertz CT molecular complexity index is 784. The van der Waals surface area contributed by atoms with Crippen LogP contribution in [0, 0.1) is 5.92 Å². The Morgan fingerprint density at radius 3 is 2.27 bits per heavy atom. The first-order valence-corrected chi connectivity index (χ1v) is 8.38. The Morgan fingerprint density at radius 2 is 1.69 bits per heavy atom. The predicted octanol–water partition coefficient (Wildman–Crippen LogP) is 2.86. The van der Waals surface area contributed by atoms with E-state index in [2.05, 4.69) is 5.32 Å². The molecule has 0 aliphatic carbocycles. The van der Waals surface area contributed by atoms with Gasteiger partial charge in [0.15, 0.2) is 0 Å². The third-order valence-electron chi connectivity index (χ3n) is 4.68. The number of ether oxygens (including phenoxy) is 2. The summed E-state index contributed by atoms with van der Waals surface area (Å²) >= 11 is 0. The number of nitrogens with zero attached hydrogens (tertiary/aromatic N) is 1. The number of carbonyl (C=O) groups excluding carboxylic acids is 2. The second kappa shape index (κ2) is 7.47. The molecule has 1 heterocycles. The first-order valence-electron chi connectivity index (χ1n) is 8.38. The van der Waals surface area contributed by atoms with Gasteiger partial charge in [-0.05, 0) is 5.56 Å². The summed E-state index contributed by atoms with van der Waals surface area (Å²) in [5.74, 6) is 0.457. The highest BCUT2D eigenvalue weighted by atomic mass is 16.5. The standard InChI is InChI=1S/C20H22N2O4/c1-22-18(23)12-17(19(22)13-7-5-4-6-8-13)20(24)21-14-9-15(25-2)11-16(10-14)26-3/h4-11,17,19H,12H2,1-3H3,(H,21,24). The quantitative estimate of drug-likeness (QED) is 0.896. The minimum absolute atomic E-state index is 0.0396. The zero-order valence-electron chi connectivity index (χ0n) is 15.1. The maximum Gasteiger partial charge on any atom is 0.230 e. The van der Waals surface area contributed by atoms with Crippen molar-refractivity contribution in [3.8, 4) is 11.5 Å². The number of anilines is 1. The monoisotopic (exact) mass is 354 g/mol. The van der Waals surface area contributed by atoms with Crippen LogP contribution in [-0.4, -0.2) is 38.0 Å². The van der Waals surface area contributed by atoms with E-state index in [0.29, 0.717) is 17.2 Å². The van der Waals surface area contributed by atoms with Crippen LogP contribution in [0.5, 0.6) is 11.5 Å². The van der Waals surface area contributed by atoms with Gasteiger partial charge in [0, 0.05) is 37.4 Å². The summed E-state index contributed by atoms with van der Waals surface area (Å²) in [6.45, 7) is 0. The fourth-order valence-electron chi connectivity index (χ4n) is 3.33. The van der Waals surface area contributed by atoms with Gasteiger partial charge >= 0.3 is 0 Å². The lowest BCUT2D eigenvalue weighted by molar-refractivity contribution is -0.127. The fraction of sp³-hybridized carbons (Fsp3) is 0.300. The zero-order chi connectivity index (χ0) is 18.7. The number of rotatable bonds is 5. The molecule has 3 rings (SSSR count). The van der Waals surface area contributed by atoms with Crippen LogP contribution >= 0.6 is 0 Å². The van der Waals surface area contributed by atoms with Gasteiger partial charge in [0.25, 0.3) is 0 Å². The molecule has 1 fully saturated rings. The van der Waals surface area contributed by atoms with E-state index in [1.807, 2.05) is 30.3 Å². The highest BCUT2D eigenvalue weighted by Gasteiger charge is 2.42. The largest absolute Gasteiger partial charge is 0.497 e. The molecule has 2 aromatic rings. The number of hydrogen-bond acceptors (Lipinski definition) is 4. The van der Waals surface area contributed by atoms with Crippen molar-refractivity contribution < 1.29 is 19.1 Å². The van der Waals surface area contributed by atoms with E-state index < -0.39 is 5.92 Å². The highest BCUT2D eigenvalue weighted by Crippen LogP contribution is 2.38. The maximum absolute atomic E-state index is 12.9. The van der Waals surface area contributed by atoms with E-state index in [9.17, 15) is 9.59 Å². The van der Waals surface area contributed by atoms with Crippen molar-refractivity contribution in [3.63, 3.8) is 0 Å². The molecule has 6 heteroatoms. The molecule has 2 amide bonds. The van der Waals surface area contributed by atoms with Crippen LogP contribution in [0.2, 0.25) is 0 Å². The van der Waals surface area contributed by atoms with Crippen molar-refractivity contribution in [2.75, 3.05) is 26.6 Å². The molecule has 2 atom stereocenters. The topological polar surface area (TPSA) is 67.9 Å². The SMILES string of the molecule is COc1cc(NC(=O)C2CC(=O)N(C)C2c2ccccc2)cc(OC)c1. The van der Waals surface area contributed by atoms with E-state index in [0.717, 1.165) is 5.56 Å². The van der Waals surface area contributed by atoms with Crippen molar-refractivity contribution in [2.24, 2.45) is 5.92 Å². The summed E-state index contributed by atoms with van der Waals surface area (Å²) in [5, 5.41) is 2.90. The van der Waals surface area contributed by atoms with Crippen LogP contribution in [0.3, 0.4) is 0 Å². The third kappa shape index (κ3) is 3.49. The number of amides is 2. The van der Waals surface area contributed by atoms with Crippen molar-refractivity contribution >= 4 is 17.5 Å². The van der Waals surface area contributed by atoms with Crippen molar-refractivity contribution in [3.05, 3.63) is 54.1 Å². The number of benzene rings is 2. The molecule has 0 bridgehead atoms. The molecule has 0 saturated carbocycles. The lowest BCUT2D eigenvalue weighted by Gasteiger charge is -2.25. The van der Waals surface area contributed by atoms with E-state index >= 15 is 0 Å². The molecule has 0 spiro atoms. The van der Waals surface area contributed by atoms with Crippen LogP contribution < -0.4 is 14.8 Å². The molecule has 1 saturated heterocycles. The molecule has 2 unspecified atom stereocenters. The zero-order valence-corrected chi connectivity index (χ0v) is 15.1. The summed E-state index contributed by atoms with van der Waals surface area (Å²) in [7, 11) is 4.84. The minimum atomic E-state index is -0.466. The number of hydrogen-bond donors (Lipinski definition) is 1. The fourth-order valence-corrected chi connectivity index (χ4v) is 3.33. The predicted molar refractivity (Wildman–Crippen MR) is 98.2 cm³/mol. The van der Waals surface area contributed by atoms with E-state index in [-0.39, 0.29) is 24.3 Å². The van der Waals surface area contributed by atoms with Crippen LogP contribution in [0.15, 0.2) is 48.5 Å². The summed E-state index contributed by atoms with van der Waals surface area (Å²) < 4.78 is 10.5. The molecule has 26 heavy (non-hydrogen) atoms. The number of carbonyl (C=O) groups is 2. The van der Waals surface area contributed by atoms with E-state index in [4.69, 9.17) is 9.47 Å². The highest BCUT2D eigenvalue weighted by molar-refractivity contribution is 5.98.